The molecule has 21 heteroatoms. The maximum Gasteiger partial charge on any atom is 0.508 e. The van der Waals surface area contributed by atoms with Gasteiger partial charge in [0, 0.05) is 11.8 Å². The maximum absolute atomic E-state index is 12.4. The minimum absolute atomic E-state index is 0.0157. The van der Waals surface area contributed by atoms with Crippen LogP contribution in [0.4, 0.5) is 4.79 Å². The Morgan fingerprint density at radius 3 is 1.42 bits per heavy atom. The van der Waals surface area contributed by atoms with E-state index in [2.05, 4.69) is 25.5 Å². The molecule has 0 saturated carbocycles. The van der Waals surface area contributed by atoms with E-state index in [-0.39, 0.29) is 81.1 Å². The molecule has 77 heavy (non-hydrogen) atoms. The summed E-state index contributed by atoms with van der Waals surface area (Å²) in [4.78, 5) is 93.5. The van der Waals surface area contributed by atoms with Crippen molar-refractivity contribution < 1.29 is 99.9 Å². The third-order valence-corrected chi connectivity index (χ3v) is 13.3. The first kappa shape index (κ1) is 70.4. The zero-order chi connectivity index (χ0) is 59.2. The van der Waals surface area contributed by atoms with Crippen LogP contribution in [0, 0.1) is 32.5 Å². The van der Waals surface area contributed by atoms with Gasteiger partial charge in [0.05, 0.1) is 86.0 Å². The highest BCUT2D eigenvalue weighted by Gasteiger charge is 2.49. The van der Waals surface area contributed by atoms with E-state index in [1.165, 1.54) is 0 Å². The van der Waals surface area contributed by atoms with Crippen LogP contribution in [0.3, 0.4) is 0 Å². The first-order chi connectivity index (χ1) is 35.5. The largest absolute Gasteiger partial charge is 0.508 e. The van der Waals surface area contributed by atoms with Gasteiger partial charge in [-0.15, -0.1) is 0 Å². The lowest BCUT2D eigenvalue weighted by Crippen LogP contribution is -2.42. The van der Waals surface area contributed by atoms with Crippen molar-refractivity contribution in [2.45, 2.75) is 213 Å². The molecule has 0 aromatic heterocycles. The van der Waals surface area contributed by atoms with Crippen molar-refractivity contribution in [1.82, 2.24) is 0 Å². The van der Waals surface area contributed by atoms with Crippen molar-refractivity contribution in [2.24, 2.45) is 32.5 Å². The van der Waals surface area contributed by atoms with Gasteiger partial charge in [-0.05, 0) is 100 Å². The molecule has 0 amide bonds. The van der Waals surface area contributed by atoms with Gasteiger partial charge in [0.25, 0.3) is 0 Å². The smallest absolute Gasteiger partial charge is 0.463 e. The minimum Gasteiger partial charge on any atom is -0.463 e. The van der Waals surface area contributed by atoms with Gasteiger partial charge in [0.1, 0.15) is 32.5 Å². The van der Waals surface area contributed by atoms with Crippen LogP contribution >= 0.6 is 0 Å². The van der Waals surface area contributed by atoms with Gasteiger partial charge < -0.3 is 61.6 Å². The van der Waals surface area contributed by atoms with Gasteiger partial charge in [-0.3, -0.25) is 24.0 Å². The van der Waals surface area contributed by atoms with Crippen molar-refractivity contribution in [3.8, 4) is 0 Å². The normalized spacial score (nSPS) is 22.8. The summed E-state index contributed by atoms with van der Waals surface area (Å²) < 4.78 is 67.3. The number of cyclic esters (lactones) is 5. The third kappa shape index (κ3) is 24.5. The van der Waals surface area contributed by atoms with Crippen molar-refractivity contribution >= 4 is 47.9 Å². The monoisotopic (exact) mass is 1100 g/mol. The summed E-state index contributed by atoms with van der Waals surface area (Å²) in [5, 5.41) is 0. The van der Waals surface area contributed by atoms with Gasteiger partial charge in [-0.1, -0.05) is 62.3 Å². The molecular formula is C56H96O21. The van der Waals surface area contributed by atoms with E-state index in [1.807, 2.05) is 90.0 Å². The summed E-state index contributed by atoms with van der Waals surface area (Å²) in [5.74, 6) is -2.70. The minimum atomic E-state index is -0.833. The van der Waals surface area contributed by atoms with Crippen LogP contribution in [0.15, 0.2) is 0 Å². The van der Waals surface area contributed by atoms with Gasteiger partial charge in [-0.25, -0.2) is 14.4 Å². The number of esters is 7. The Morgan fingerprint density at radius 2 is 1.04 bits per heavy atom. The lowest BCUT2D eigenvalue weighted by molar-refractivity contribution is -0.174. The Morgan fingerprint density at radius 1 is 0.571 bits per heavy atom. The molecule has 4 heterocycles. The average Bonchev–Trinajstić information content (AvgIpc) is 4.15. The summed E-state index contributed by atoms with van der Waals surface area (Å²) in [6.07, 6.45) is -0.108. The first-order valence-corrected chi connectivity index (χ1v) is 27.1. The van der Waals surface area contributed by atoms with Gasteiger partial charge in [0.2, 0.25) is 12.2 Å². The summed E-state index contributed by atoms with van der Waals surface area (Å²) in [5.41, 5.74) is -3.26. The predicted octanol–water partition coefficient (Wildman–Crippen LogP) is 8.24. The number of carbonyl (C=O) groups excluding carboxylic acids is 8. The van der Waals surface area contributed by atoms with Crippen molar-refractivity contribution in [2.75, 3.05) is 66.1 Å². The van der Waals surface area contributed by atoms with E-state index in [0.717, 1.165) is 0 Å². The Balaban J connectivity index is 0.000000514. The molecule has 4 saturated heterocycles. The summed E-state index contributed by atoms with van der Waals surface area (Å²) in [6, 6.07) is 0. The van der Waals surface area contributed by atoms with E-state index in [1.54, 1.807) is 20.8 Å². The van der Waals surface area contributed by atoms with E-state index in [9.17, 15) is 38.4 Å². The maximum atomic E-state index is 12.4. The molecule has 21 nitrogen and oxygen atoms in total. The SMILES string of the molecule is CCC(C)(COC(C)C)C(=O)OC1C(=O)OCC1(C)C.CCC(C)(COC(C)C)C(=O)OC1CCOC1=O.CCC(C)(COC(C)C)C(=O)OCC1COC(=O)O1.CCC(C)(COCC(C)(C)C)C(=O)OC1COC(=O)C1. The van der Waals surface area contributed by atoms with Crippen molar-refractivity contribution in [3.63, 3.8) is 0 Å². The van der Waals surface area contributed by atoms with Gasteiger partial charge in [-0.2, -0.15) is 0 Å². The predicted molar refractivity (Wildman–Crippen MR) is 280 cm³/mol. The fourth-order valence-electron chi connectivity index (χ4n) is 6.54. The second-order valence-corrected chi connectivity index (χ2v) is 23.8. The lowest BCUT2D eigenvalue weighted by atomic mass is 9.87. The van der Waals surface area contributed by atoms with Gasteiger partial charge in [0.15, 0.2) is 6.10 Å². The molecule has 0 N–H and O–H groups in total. The topological polar surface area (TPSA) is 257 Å². The first-order valence-electron chi connectivity index (χ1n) is 27.1. The number of hydrogen-bond donors (Lipinski definition) is 0. The van der Waals surface area contributed by atoms with Crippen LogP contribution in [0.2, 0.25) is 0 Å². The zero-order valence-electron chi connectivity index (χ0n) is 49.9. The van der Waals surface area contributed by atoms with Crippen LogP contribution in [-0.4, -0.2) is 157 Å². The molecular weight excluding hydrogens is 1010 g/mol. The van der Waals surface area contributed by atoms with Crippen LogP contribution in [0.25, 0.3) is 0 Å². The molecule has 4 rings (SSSR count). The third-order valence-electron chi connectivity index (χ3n) is 13.3. The molecule has 8 unspecified atom stereocenters. The fourth-order valence-corrected chi connectivity index (χ4v) is 6.54. The summed E-state index contributed by atoms with van der Waals surface area (Å²) in [6.45, 7) is 39.0. The summed E-state index contributed by atoms with van der Waals surface area (Å²) in [7, 11) is 0. The van der Waals surface area contributed by atoms with E-state index >= 15 is 0 Å². The van der Waals surface area contributed by atoms with Crippen molar-refractivity contribution in [3.05, 3.63) is 0 Å². The van der Waals surface area contributed by atoms with Crippen LogP contribution < -0.4 is 0 Å². The fraction of sp³-hybridized carbons (Fsp3) is 0.857. The van der Waals surface area contributed by atoms with E-state index in [4.69, 9.17) is 56.8 Å². The molecule has 446 valence electrons. The van der Waals surface area contributed by atoms with Gasteiger partial charge >= 0.3 is 47.9 Å². The van der Waals surface area contributed by atoms with Crippen LogP contribution in [0.1, 0.15) is 170 Å². The second-order valence-electron chi connectivity index (χ2n) is 23.8. The van der Waals surface area contributed by atoms with Crippen LogP contribution in [0.5, 0.6) is 0 Å². The van der Waals surface area contributed by atoms with E-state index < -0.39 is 81.5 Å². The molecule has 4 fully saturated rings. The zero-order valence-corrected chi connectivity index (χ0v) is 49.9. The molecule has 0 aromatic carbocycles. The molecule has 0 aliphatic carbocycles. The quantitative estimate of drug-likeness (QED) is 0.0616. The van der Waals surface area contributed by atoms with E-state index in [0.29, 0.717) is 65.1 Å². The molecule has 4 aliphatic heterocycles. The highest BCUT2D eigenvalue weighted by Crippen LogP contribution is 2.35. The number of rotatable bonds is 25. The van der Waals surface area contributed by atoms with Crippen molar-refractivity contribution in [1.29, 1.82) is 0 Å². The molecule has 0 radical (unpaired) electrons. The second kappa shape index (κ2) is 31.9. The van der Waals surface area contributed by atoms with Crippen LogP contribution in [-0.2, 0) is 95.1 Å². The highest BCUT2D eigenvalue weighted by atomic mass is 16.8. The average molecular weight is 1110 g/mol. The molecule has 0 spiro atoms. The number of carbonyl (C=O) groups is 8. The summed E-state index contributed by atoms with van der Waals surface area (Å²) >= 11 is 0. The molecule has 8 atom stereocenters. The molecule has 4 aliphatic rings. The Labute approximate surface area is 458 Å². The number of ether oxygens (including phenoxy) is 13. The number of hydrogen-bond acceptors (Lipinski definition) is 21. The highest BCUT2D eigenvalue weighted by molar-refractivity contribution is 5.84. The standard InChI is InChI=1S/2C15H26O5.C13H22O6.C13H22O5/c1-7-15(6,9-18-10(2)3)13(17)20-11-12(16)19-8-14(11,4)5;1-6-15(5,10-18-9-14(2,3)4)13(17)20-11-7-12(16)19-8-11;1-5-13(4,8-18-9(2)3)11(14)16-6-10-7-17-12(15)19-10;1-5-13(4,8-17-9(2)3)12(15)18-10-6-7-16-11(10)14/h10-11H,7-9H2,1-6H3;11H,6-10H2,1-5H3;9-10H,5-8H2,1-4H3;9-10H,5-8H2,1-4H3. The molecule has 0 aromatic rings. The Hall–Kier alpha value is -4.60. The molecule has 0 bridgehead atoms. The Kier molecular flexibility index (Phi) is 29.1. The Bertz CT molecular complexity index is 1910. The lowest BCUT2D eigenvalue weighted by Gasteiger charge is -2.30.